The van der Waals surface area contributed by atoms with Gasteiger partial charge >= 0.3 is 5.97 Å². The first kappa shape index (κ1) is 20.1. The van der Waals surface area contributed by atoms with Crippen LogP contribution < -0.4 is 5.56 Å². The number of carbonyl (C=O) groups is 1. The van der Waals surface area contributed by atoms with Crippen LogP contribution in [0.4, 0.5) is 0 Å². The fourth-order valence-corrected chi connectivity index (χ4v) is 3.29. The molecule has 0 bridgehead atoms. The summed E-state index contributed by atoms with van der Waals surface area (Å²) in [4.78, 5) is 27.9. The number of pyridine rings is 2. The largest absolute Gasteiger partial charge is 0.462 e. The zero-order valence-electron chi connectivity index (χ0n) is 15.2. The Labute approximate surface area is 172 Å². The van der Waals surface area contributed by atoms with E-state index in [0.29, 0.717) is 35.2 Å². The van der Waals surface area contributed by atoms with E-state index in [1.807, 2.05) is 0 Å². The minimum atomic E-state index is -0.412. The Morgan fingerprint density at radius 3 is 2.61 bits per heavy atom. The van der Waals surface area contributed by atoms with Crippen molar-refractivity contribution in [2.75, 3.05) is 6.61 Å². The summed E-state index contributed by atoms with van der Waals surface area (Å²) >= 11 is 12.9. The van der Waals surface area contributed by atoms with Crippen LogP contribution in [0.5, 0.6) is 0 Å². The Bertz CT molecular complexity index is 1060. The first-order chi connectivity index (χ1) is 13.5. The Balaban J connectivity index is 1.83. The predicted octanol–water partition coefficient (Wildman–Crippen LogP) is 4.37. The number of benzene rings is 1. The molecule has 2 heterocycles. The van der Waals surface area contributed by atoms with Crippen molar-refractivity contribution < 1.29 is 9.53 Å². The first-order valence-electron chi connectivity index (χ1n) is 8.71. The van der Waals surface area contributed by atoms with Gasteiger partial charge in [0, 0.05) is 41.1 Å². The molecule has 0 radical (unpaired) electrons. The summed E-state index contributed by atoms with van der Waals surface area (Å²) in [6.07, 6.45) is 5.30. The number of carbonyl (C=O) groups excluding carboxylic acids is 1. The van der Waals surface area contributed by atoms with Crippen LogP contribution in [0.25, 0.3) is 0 Å². The zero-order valence-corrected chi connectivity index (χ0v) is 16.7. The van der Waals surface area contributed by atoms with Crippen molar-refractivity contribution in [3.63, 3.8) is 0 Å². The maximum atomic E-state index is 11.9. The van der Waals surface area contributed by atoms with E-state index >= 15 is 0 Å². The van der Waals surface area contributed by atoms with Gasteiger partial charge in [0.05, 0.1) is 18.7 Å². The number of esters is 1. The van der Waals surface area contributed by atoms with Gasteiger partial charge in [0.25, 0.3) is 5.56 Å². The average molecular weight is 417 g/mol. The molecule has 0 aliphatic carbocycles. The van der Waals surface area contributed by atoms with E-state index in [-0.39, 0.29) is 5.56 Å². The van der Waals surface area contributed by atoms with E-state index < -0.39 is 5.97 Å². The summed E-state index contributed by atoms with van der Waals surface area (Å²) in [5, 5.41) is 1.05. The molecule has 0 unspecified atom stereocenters. The maximum Gasteiger partial charge on any atom is 0.339 e. The third-order valence-corrected chi connectivity index (χ3v) is 4.86. The number of ether oxygens (including phenoxy) is 1. The molecule has 0 saturated carbocycles. The lowest BCUT2D eigenvalue weighted by Crippen LogP contribution is -2.18. The molecule has 0 atom stereocenters. The molecule has 0 aliphatic rings. The lowest BCUT2D eigenvalue weighted by molar-refractivity contribution is 0.0525. The van der Waals surface area contributed by atoms with Crippen LogP contribution >= 0.6 is 23.2 Å². The van der Waals surface area contributed by atoms with Gasteiger partial charge in [-0.05, 0) is 47.9 Å². The summed E-state index contributed by atoms with van der Waals surface area (Å²) in [5.74, 6) is -0.412. The van der Waals surface area contributed by atoms with Crippen molar-refractivity contribution in [3.8, 4) is 0 Å². The average Bonchev–Trinajstić information content (AvgIpc) is 2.68. The molecular weight excluding hydrogens is 399 g/mol. The zero-order chi connectivity index (χ0) is 20.1. The van der Waals surface area contributed by atoms with E-state index in [1.165, 1.54) is 12.3 Å². The van der Waals surface area contributed by atoms with Gasteiger partial charge in [-0.3, -0.25) is 9.78 Å². The third-order valence-electron chi connectivity index (χ3n) is 4.16. The number of hydrogen-bond donors (Lipinski definition) is 0. The molecule has 28 heavy (non-hydrogen) atoms. The third kappa shape index (κ3) is 4.80. The molecule has 5 nitrogen and oxygen atoms in total. The minimum absolute atomic E-state index is 0.111. The van der Waals surface area contributed by atoms with Crippen molar-refractivity contribution in [2.24, 2.45) is 0 Å². The van der Waals surface area contributed by atoms with Gasteiger partial charge < -0.3 is 9.30 Å². The quantitative estimate of drug-likeness (QED) is 0.559. The van der Waals surface area contributed by atoms with Gasteiger partial charge in [-0.2, -0.15) is 0 Å². The number of rotatable bonds is 6. The van der Waals surface area contributed by atoms with Crippen LogP contribution in [0.2, 0.25) is 10.0 Å². The molecule has 0 amide bonds. The normalized spacial score (nSPS) is 10.7. The molecule has 0 spiro atoms. The van der Waals surface area contributed by atoms with Gasteiger partial charge in [0.15, 0.2) is 0 Å². The van der Waals surface area contributed by atoms with E-state index in [1.54, 1.807) is 54.2 Å². The minimum Gasteiger partial charge on any atom is -0.462 e. The second-order valence-electron chi connectivity index (χ2n) is 6.18. The van der Waals surface area contributed by atoms with Crippen molar-refractivity contribution in [3.05, 3.63) is 97.6 Å². The van der Waals surface area contributed by atoms with Crippen molar-refractivity contribution in [2.45, 2.75) is 19.9 Å². The Kier molecular flexibility index (Phi) is 6.49. The smallest absolute Gasteiger partial charge is 0.339 e. The molecule has 0 saturated heterocycles. The number of hydrogen-bond acceptors (Lipinski definition) is 4. The fourth-order valence-electron chi connectivity index (χ4n) is 2.79. The Morgan fingerprint density at radius 1 is 1.11 bits per heavy atom. The van der Waals surface area contributed by atoms with Crippen LogP contribution in [0.3, 0.4) is 0 Å². The van der Waals surface area contributed by atoms with Gasteiger partial charge in [0.2, 0.25) is 0 Å². The summed E-state index contributed by atoms with van der Waals surface area (Å²) in [6, 6.07) is 10.2. The van der Waals surface area contributed by atoms with Crippen LogP contribution in [-0.2, 0) is 17.7 Å². The van der Waals surface area contributed by atoms with Crippen LogP contribution in [0.15, 0.2) is 59.8 Å². The van der Waals surface area contributed by atoms with Gasteiger partial charge in [-0.25, -0.2) is 4.79 Å². The highest BCUT2D eigenvalue weighted by Crippen LogP contribution is 2.28. The van der Waals surface area contributed by atoms with Crippen molar-refractivity contribution in [1.29, 1.82) is 0 Å². The highest BCUT2D eigenvalue weighted by atomic mass is 35.5. The SMILES string of the molecule is CCOC(=O)c1cncc(Cc2cc(Cl)c(Cn3ccccc3=O)cc2Cl)c1. The van der Waals surface area contributed by atoms with Crippen molar-refractivity contribution in [1.82, 2.24) is 9.55 Å². The van der Waals surface area contributed by atoms with Crippen LogP contribution in [-0.4, -0.2) is 22.1 Å². The standard InChI is InChI=1S/C21H18Cl2N2O3/c1-2-28-21(27)16-8-14(11-24-12-16)7-15-9-19(23)17(10-18(15)22)13-25-6-4-3-5-20(25)26/h3-6,8-12H,2,7,13H2,1H3. The number of nitrogens with zero attached hydrogens (tertiary/aromatic N) is 2. The van der Waals surface area contributed by atoms with E-state index in [0.717, 1.165) is 16.7 Å². The molecule has 0 N–H and O–H groups in total. The van der Waals surface area contributed by atoms with E-state index in [4.69, 9.17) is 27.9 Å². The molecular formula is C21H18Cl2N2O3. The lowest BCUT2D eigenvalue weighted by Gasteiger charge is -2.12. The molecule has 144 valence electrons. The Morgan fingerprint density at radius 2 is 1.86 bits per heavy atom. The lowest BCUT2D eigenvalue weighted by atomic mass is 10.0. The second kappa shape index (κ2) is 9.04. The Hall–Kier alpha value is -2.63. The molecule has 7 heteroatoms. The molecule has 1 aromatic carbocycles. The number of aromatic nitrogens is 2. The van der Waals surface area contributed by atoms with Gasteiger partial charge in [-0.1, -0.05) is 29.3 Å². The van der Waals surface area contributed by atoms with Gasteiger partial charge in [0.1, 0.15) is 0 Å². The molecule has 0 aliphatic heterocycles. The highest BCUT2D eigenvalue weighted by molar-refractivity contribution is 6.34. The van der Waals surface area contributed by atoms with Crippen molar-refractivity contribution >= 4 is 29.2 Å². The highest BCUT2D eigenvalue weighted by Gasteiger charge is 2.12. The predicted molar refractivity (Wildman–Crippen MR) is 109 cm³/mol. The van der Waals surface area contributed by atoms with Gasteiger partial charge in [-0.15, -0.1) is 0 Å². The summed E-state index contributed by atoms with van der Waals surface area (Å²) in [7, 11) is 0. The molecule has 2 aromatic heterocycles. The first-order valence-corrected chi connectivity index (χ1v) is 9.47. The molecule has 3 rings (SSSR count). The van der Waals surface area contributed by atoms with Crippen LogP contribution in [0.1, 0.15) is 34.0 Å². The maximum absolute atomic E-state index is 11.9. The molecule has 0 fully saturated rings. The summed E-state index contributed by atoms with van der Waals surface area (Å²) in [5.41, 5.74) is 2.65. The topological polar surface area (TPSA) is 61.2 Å². The summed E-state index contributed by atoms with van der Waals surface area (Å²) < 4.78 is 6.56. The molecule has 3 aromatic rings. The van der Waals surface area contributed by atoms with E-state index in [9.17, 15) is 9.59 Å². The second-order valence-corrected chi connectivity index (χ2v) is 7.00. The monoisotopic (exact) mass is 416 g/mol. The number of halogens is 2. The van der Waals surface area contributed by atoms with Crippen LogP contribution in [0, 0.1) is 0 Å². The van der Waals surface area contributed by atoms with E-state index in [2.05, 4.69) is 4.98 Å². The fraction of sp³-hybridized carbons (Fsp3) is 0.190. The summed E-state index contributed by atoms with van der Waals surface area (Å²) in [6.45, 7) is 2.39.